The first-order valence-electron chi connectivity index (χ1n) is 9.02. The highest BCUT2D eigenvalue weighted by molar-refractivity contribution is 7.13. The monoisotopic (exact) mass is 351 g/mol. The van der Waals surface area contributed by atoms with Crippen LogP contribution >= 0.6 is 11.3 Å². The molecule has 5 nitrogen and oxygen atoms in total. The van der Waals surface area contributed by atoms with Gasteiger partial charge in [0.05, 0.1) is 6.10 Å². The zero-order valence-corrected chi connectivity index (χ0v) is 15.8. The molecule has 0 bridgehead atoms. The summed E-state index contributed by atoms with van der Waals surface area (Å²) >= 11 is 1.61. The van der Waals surface area contributed by atoms with Gasteiger partial charge in [-0.25, -0.2) is 4.98 Å². The minimum atomic E-state index is -0.0752. The van der Waals surface area contributed by atoms with Crippen molar-refractivity contribution in [2.75, 3.05) is 24.6 Å². The lowest BCUT2D eigenvalue weighted by atomic mass is 9.78. The van der Waals surface area contributed by atoms with Crippen molar-refractivity contribution in [2.45, 2.75) is 58.6 Å². The zero-order chi connectivity index (χ0) is 17.2. The van der Waals surface area contributed by atoms with Gasteiger partial charge in [0.15, 0.2) is 5.13 Å². The van der Waals surface area contributed by atoms with Crippen LogP contribution in [0, 0.1) is 11.3 Å². The van der Waals surface area contributed by atoms with Crippen LogP contribution in [0.1, 0.15) is 46.5 Å². The molecule has 0 aromatic carbocycles. The van der Waals surface area contributed by atoms with Crippen LogP contribution in [0.25, 0.3) is 0 Å². The fourth-order valence-electron chi connectivity index (χ4n) is 3.98. The van der Waals surface area contributed by atoms with E-state index in [4.69, 9.17) is 4.74 Å². The van der Waals surface area contributed by atoms with Crippen molar-refractivity contribution in [3.8, 4) is 0 Å². The van der Waals surface area contributed by atoms with Gasteiger partial charge >= 0.3 is 0 Å². The van der Waals surface area contributed by atoms with Crippen LogP contribution in [-0.2, 0) is 9.53 Å². The molecule has 2 aliphatic rings. The number of thiazole rings is 1. The number of nitrogens with one attached hydrogen (secondary N) is 1. The van der Waals surface area contributed by atoms with Gasteiger partial charge in [0, 0.05) is 37.2 Å². The Bertz CT molecular complexity index is 541. The zero-order valence-electron chi connectivity index (χ0n) is 15.0. The van der Waals surface area contributed by atoms with Gasteiger partial charge in [0.2, 0.25) is 5.91 Å². The lowest BCUT2D eigenvalue weighted by molar-refractivity contribution is -0.124. The Morgan fingerprint density at radius 1 is 1.42 bits per heavy atom. The minimum absolute atomic E-state index is 0.0752. The maximum atomic E-state index is 12.7. The summed E-state index contributed by atoms with van der Waals surface area (Å²) in [5.41, 5.74) is 0.107. The summed E-state index contributed by atoms with van der Waals surface area (Å²) in [4.78, 5) is 19.3. The second kappa shape index (κ2) is 7.40. The van der Waals surface area contributed by atoms with E-state index in [9.17, 15) is 4.79 Å². The van der Waals surface area contributed by atoms with Crippen LogP contribution in [0.4, 0.5) is 5.13 Å². The largest absolute Gasteiger partial charge is 0.377 e. The number of carbonyl (C=O) groups excluding carboxylic acids is 1. The van der Waals surface area contributed by atoms with E-state index in [1.165, 1.54) is 0 Å². The number of aromatic nitrogens is 1. The van der Waals surface area contributed by atoms with Gasteiger partial charge in [-0.15, -0.1) is 11.3 Å². The molecule has 0 radical (unpaired) electrons. The molecule has 0 spiro atoms. The number of rotatable bonds is 4. The number of amides is 1. The van der Waals surface area contributed by atoms with E-state index in [0.29, 0.717) is 12.5 Å². The molecule has 3 unspecified atom stereocenters. The molecular formula is C18H29N3O2S. The van der Waals surface area contributed by atoms with Crippen molar-refractivity contribution in [3.05, 3.63) is 11.6 Å². The van der Waals surface area contributed by atoms with Gasteiger partial charge in [0.1, 0.15) is 6.04 Å². The summed E-state index contributed by atoms with van der Waals surface area (Å²) in [5, 5.41) is 6.13. The smallest absolute Gasteiger partial charge is 0.242 e. The summed E-state index contributed by atoms with van der Waals surface area (Å²) in [7, 11) is 0. The summed E-state index contributed by atoms with van der Waals surface area (Å²) in [6, 6.07) is -0.0752. The number of ether oxygens (including phenoxy) is 1. The summed E-state index contributed by atoms with van der Waals surface area (Å²) < 4.78 is 6.02. The average Bonchev–Trinajstić information content (AvgIpc) is 3.22. The van der Waals surface area contributed by atoms with E-state index in [1.54, 1.807) is 17.5 Å². The molecule has 1 aromatic heterocycles. The van der Waals surface area contributed by atoms with Crippen molar-refractivity contribution in [1.29, 1.82) is 0 Å². The Morgan fingerprint density at radius 2 is 2.25 bits per heavy atom. The van der Waals surface area contributed by atoms with E-state index in [1.807, 2.05) is 5.38 Å². The molecule has 1 aromatic rings. The van der Waals surface area contributed by atoms with Crippen LogP contribution in [0.3, 0.4) is 0 Å². The number of hydrogen-bond donors (Lipinski definition) is 1. The molecule has 3 heterocycles. The van der Waals surface area contributed by atoms with Crippen molar-refractivity contribution >= 4 is 22.4 Å². The van der Waals surface area contributed by atoms with Crippen LogP contribution < -0.4 is 10.2 Å². The first-order chi connectivity index (χ1) is 11.5. The average molecular weight is 352 g/mol. The molecule has 2 fully saturated rings. The van der Waals surface area contributed by atoms with Gasteiger partial charge in [-0.3, -0.25) is 4.79 Å². The fraction of sp³-hybridized carbons (Fsp3) is 0.778. The first kappa shape index (κ1) is 17.7. The predicted octanol–water partition coefficient (Wildman–Crippen LogP) is 3.07. The molecule has 1 N–H and O–H groups in total. The quantitative estimate of drug-likeness (QED) is 0.906. The molecule has 3 rings (SSSR count). The Morgan fingerprint density at radius 3 is 2.96 bits per heavy atom. The third kappa shape index (κ3) is 3.91. The number of anilines is 1. The highest BCUT2D eigenvalue weighted by Gasteiger charge is 2.37. The van der Waals surface area contributed by atoms with Gasteiger partial charge in [-0.1, -0.05) is 20.8 Å². The molecule has 2 saturated heterocycles. The predicted molar refractivity (Wildman–Crippen MR) is 97.4 cm³/mol. The highest BCUT2D eigenvalue weighted by atomic mass is 32.1. The molecule has 1 amide bonds. The number of hydrogen-bond acceptors (Lipinski definition) is 5. The SMILES string of the molecule is CC(C)(C)C1OCCCC1CNC(=O)C1CCCN1c1nccs1. The van der Waals surface area contributed by atoms with E-state index in [-0.39, 0.29) is 23.5 Å². The normalized spacial score (nSPS) is 28.1. The lowest BCUT2D eigenvalue weighted by Gasteiger charge is -2.40. The Hall–Kier alpha value is -1.14. The number of carbonyl (C=O) groups is 1. The van der Waals surface area contributed by atoms with Crippen molar-refractivity contribution in [1.82, 2.24) is 10.3 Å². The van der Waals surface area contributed by atoms with Gasteiger partial charge in [0.25, 0.3) is 0 Å². The summed E-state index contributed by atoms with van der Waals surface area (Å²) in [6.45, 7) is 9.13. The van der Waals surface area contributed by atoms with Crippen LogP contribution in [0.15, 0.2) is 11.6 Å². The summed E-state index contributed by atoms with van der Waals surface area (Å²) in [5.74, 6) is 0.540. The van der Waals surface area contributed by atoms with E-state index in [2.05, 4.69) is 36.0 Å². The molecule has 0 aliphatic carbocycles. The van der Waals surface area contributed by atoms with E-state index in [0.717, 1.165) is 44.0 Å². The van der Waals surface area contributed by atoms with Crippen molar-refractivity contribution in [2.24, 2.45) is 11.3 Å². The minimum Gasteiger partial charge on any atom is -0.377 e. The van der Waals surface area contributed by atoms with Crippen LogP contribution in [0.5, 0.6) is 0 Å². The van der Waals surface area contributed by atoms with Crippen molar-refractivity contribution in [3.63, 3.8) is 0 Å². The Labute approximate surface area is 148 Å². The van der Waals surface area contributed by atoms with Gasteiger partial charge in [-0.2, -0.15) is 0 Å². The molecular weight excluding hydrogens is 322 g/mol. The maximum Gasteiger partial charge on any atom is 0.242 e. The second-order valence-electron chi connectivity index (χ2n) is 7.97. The first-order valence-corrected chi connectivity index (χ1v) is 9.90. The summed E-state index contributed by atoms with van der Waals surface area (Å²) in [6.07, 6.45) is 6.19. The molecule has 134 valence electrons. The van der Waals surface area contributed by atoms with Gasteiger partial charge in [-0.05, 0) is 31.1 Å². The highest BCUT2D eigenvalue weighted by Crippen LogP contribution is 2.34. The fourth-order valence-corrected chi connectivity index (χ4v) is 4.70. The van der Waals surface area contributed by atoms with Crippen LogP contribution in [0.2, 0.25) is 0 Å². The van der Waals surface area contributed by atoms with Gasteiger partial charge < -0.3 is 15.0 Å². The third-order valence-electron chi connectivity index (χ3n) is 5.06. The molecule has 24 heavy (non-hydrogen) atoms. The standard InChI is InChI=1S/C18H29N3O2S/c1-18(2,3)15-13(6-5-10-23-15)12-20-16(22)14-7-4-9-21(14)17-19-8-11-24-17/h8,11,13-15H,4-7,9-10,12H2,1-3H3,(H,20,22). The third-order valence-corrected chi connectivity index (χ3v) is 5.87. The Kier molecular flexibility index (Phi) is 5.45. The second-order valence-corrected chi connectivity index (χ2v) is 8.84. The molecule has 0 saturated carbocycles. The molecule has 6 heteroatoms. The van der Waals surface area contributed by atoms with E-state index >= 15 is 0 Å². The molecule has 3 atom stereocenters. The number of nitrogens with zero attached hydrogens (tertiary/aromatic N) is 2. The Balaban J connectivity index is 1.58. The topological polar surface area (TPSA) is 54.5 Å². The lowest BCUT2D eigenvalue weighted by Crippen LogP contribution is -2.49. The van der Waals surface area contributed by atoms with Crippen molar-refractivity contribution < 1.29 is 9.53 Å². The van der Waals surface area contributed by atoms with E-state index < -0.39 is 0 Å². The maximum absolute atomic E-state index is 12.7. The molecule has 2 aliphatic heterocycles. The van der Waals surface area contributed by atoms with Crippen LogP contribution in [-0.4, -0.2) is 42.7 Å².